The van der Waals surface area contributed by atoms with Crippen molar-refractivity contribution in [3.8, 4) is 0 Å². The molecule has 2 saturated carbocycles. The van der Waals surface area contributed by atoms with Gasteiger partial charge in [0.1, 0.15) is 0 Å². The molecule has 4 rings (SSSR count). The summed E-state index contributed by atoms with van der Waals surface area (Å²) in [6, 6.07) is 5.25. The van der Waals surface area contributed by atoms with Gasteiger partial charge >= 0.3 is 0 Å². The van der Waals surface area contributed by atoms with Crippen molar-refractivity contribution in [3.63, 3.8) is 0 Å². The Morgan fingerprint density at radius 2 is 1.67 bits per heavy atom. The minimum absolute atomic E-state index is 0.0268. The fourth-order valence-electron chi connectivity index (χ4n) is 5.40. The molecule has 0 radical (unpaired) electrons. The second-order valence-electron chi connectivity index (χ2n) is 9.99. The van der Waals surface area contributed by atoms with Crippen molar-refractivity contribution in [2.24, 2.45) is 11.8 Å². The fourth-order valence-corrected chi connectivity index (χ4v) is 6.57. The van der Waals surface area contributed by atoms with Gasteiger partial charge in [0.15, 0.2) is 0 Å². The molecule has 1 aromatic carbocycles. The number of hydrogen-bond donors (Lipinski definition) is 3. The number of hydrogen-bond acceptors (Lipinski definition) is 4. The summed E-state index contributed by atoms with van der Waals surface area (Å²) in [4.78, 5) is 24.7. The molecule has 0 bridgehead atoms. The highest BCUT2D eigenvalue weighted by Crippen LogP contribution is 2.30. The van der Waals surface area contributed by atoms with Crippen molar-refractivity contribution in [2.75, 3.05) is 11.9 Å². The lowest BCUT2D eigenvalue weighted by Crippen LogP contribution is -2.40. The number of anilines is 1. The largest absolute Gasteiger partial charge is 0.353 e. The van der Waals surface area contributed by atoms with Crippen LogP contribution in [0.1, 0.15) is 82.6 Å². The van der Waals surface area contributed by atoms with Crippen LogP contribution in [-0.2, 0) is 26.0 Å². The van der Waals surface area contributed by atoms with Crippen molar-refractivity contribution in [3.05, 3.63) is 23.8 Å². The smallest absolute Gasteiger partial charge is 0.240 e. The van der Waals surface area contributed by atoms with Crippen LogP contribution in [0.2, 0.25) is 0 Å². The van der Waals surface area contributed by atoms with Gasteiger partial charge in [-0.1, -0.05) is 25.7 Å². The van der Waals surface area contributed by atoms with Crippen LogP contribution in [0.15, 0.2) is 23.1 Å². The van der Waals surface area contributed by atoms with Crippen LogP contribution in [0.3, 0.4) is 0 Å². The number of carbonyl (C=O) groups excluding carboxylic acids is 2. The van der Waals surface area contributed by atoms with Crippen LogP contribution in [0.4, 0.5) is 5.69 Å². The summed E-state index contributed by atoms with van der Waals surface area (Å²) in [5.74, 6) is 0.474. The molecule has 2 aliphatic carbocycles. The lowest BCUT2D eigenvalue weighted by molar-refractivity contribution is -0.127. The van der Waals surface area contributed by atoms with Crippen LogP contribution < -0.4 is 15.4 Å². The molecule has 0 saturated heterocycles. The van der Waals surface area contributed by atoms with Gasteiger partial charge < -0.3 is 10.6 Å². The zero-order valence-electron chi connectivity index (χ0n) is 19.4. The summed E-state index contributed by atoms with van der Waals surface area (Å²) in [7, 11) is -3.61. The molecule has 0 spiro atoms. The van der Waals surface area contributed by atoms with Crippen LogP contribution in [-0.4, -0.2) is 32.8 Å². The Morgan fingerprint density at radius 3 is 2.39 bits per heavy atom. The zero-order valence-corrected chi connectivity index (χ0v) is 20.2. The molecule has 0 aromatic heterocycles. The quantitative estimate of drug-likeness (QED) is 0.543. The molecule has 7 nitrogen and oxygen atoms in total. The zero-order chi connectivity index (χ0) is 23.3. The van der Waals surface area contributed by atoms with Crippen molar-refractivity contribution in [1.82, 2.24) is 10.0 Å². The van der Waals surface area contributed by atoms with E-state index in [9.17, 15) is 18.0 Å². The Bertz CT molecular complexity index is 946. The third-order valence-electron chi connectivity index (χ3n) is 7.49. The molecule has 1 aliphatic heterocycles. The lowest BCUT2D eigenvalue weighted by atomic mass is 9.81. The summed E-state index contributed by atoms with van der Waals surface area (Å²) >= 11 is 0. The van der Waals surface area contributed by atoms with E-state index in [4.69, 9.17) is 0 Å². The lowest BCUT2D eigenvalue weighted by Gasteiger charge is -2.29. The van der Waals surface area contributed by atoms with Gasteiger partial charge in [-0.2, -0.15) is 0 Å². The summed E-state index contributed by atoms with van der Waals surface area (Å²) in [6.07, 6.45) is 12.4. The second-order valence-corrected chi connectivity index (χ2v) is 11.8. The van der Waals surface area contributed by atoms with E-state index in [-0.39, 0.29) is 28.5 Å². The Labute approximate surface area is 197 Å². The SMILES string of the molecule is O=C1CCCc2cc(S(=O)(=O)NCC3CCC(C(=O)NC4CCCCCC4)CC3)ccc2N1. The predicted octanol–water partition coefficient (Wildman–Crippen LogP) is 3.89. The maximum Gasteiger partial charge on any atom is 0.240 e. The molecule has 3 N–H and O–H groups in total. The Balaban J connectivity index is 1.25. The molecule has 0 atom stereocenters. The van der Waals surface area contributed by atoms with E-state index in [1.165, 1.54) is 25.7 Å². The normalized spacial score (nSPS) is 24.8. The van der Waals surface area contributed by atoms with Crippen LogP contribution in [0.25, 0.3) is 0 Å². The topological polar surface area (TPSA) is 104 Å². The van der Waals surface area contributed by atoms with Crippen LogP contribution >= 0.6 is 0 Å². The Morgan fingerprint density at radius 1 is 0.939 bits per heavy atom. The summed E-state index contributed by atoms with van der Waals surface area (Å²) < 4.78 is 28.5. The van der Waals surface area contributed by atoms with Crippen molar-refractivity contribution in [1.29, 1.82) is 0 Å². The van der Waals surface area contributed by atoms with Gasteiger partial charge in [0.05, 0.1) is 4.90 Å². The van der Waals surface area contributed by atoms with Crippen molar-refractivity contribution < 1.29 is 18.0 Å². The van der Waals surface area contributed by atoms with E-state index >= 15 is 0 Å². The number of benzene rings is 1. The molecule has 8 heteroatoms. The Kier molecular flexibility index (Phi) is 8.07. The van der Waals surface area contributed by atoms with Crippen LogP contribution in [0.5, 0.6) is 0 Å². The van der Waals surface area contributed by atoms with E-state index in [1.54, 1.807) is 18.2 Å². The van der Waals surface area contributed by atoms with Crippen molar-refractivity contribution in [2.45, 2.75) is 94.4 Å². The molecule has 2 amide bonds. The minimum atomic E-state index is -3.61. The Hall–Kier alpha value is -1.93. The van der Waals surface area contributed by atoms with Crippen molar-refractivity contribution >= 4 is 27.5 Å². The van der Waals surface area contributed by atoms with E-state index < -0.39 is 10.0 Å². The number of rotatable bonds is 6. The number of carbonyl (C=O) groups is 2. The van der Waals surface area contributed by atoms with E-state index in [1.807, 2.05) is 0 Å². The first-order valence-corrected chi connectivity index (χ1v) is 14.1. The van der Waals surface area contributed by atoms with E-state index in [0.29, 0.717) is 37.5 Å². The highest BCUT2D eigenvalue weighted by molar-refractivity contribution is 7.89. The summed E-state index contributed by atoms with van der Waals surface area (Å²) in [5.41, 5.74) is 1.57. The molecule has 2 fully saturated rings. The minimum Gasteiger partial charge on any atom is -0.353 e. The summed E-state index contributed by atoms with van der Waals surface area (Å²) in [5, 5.41) is 6.12. The van der Waals surface area contributed by atoms with Gasteiger partial charge in [-0.05, 0) is 81.0 Å². The molecule has 3 aliphatic rings. The highest BCUT2D eigenvalue weighted by atomic mass is 32.2. The van der Waals surface area contributed by atoms with Gasteiger partial charge in [-0.3, -0.25) is 9.59 Å². The highest BCUT2D eigenvalue weighted by Gasteiger charge is 2.29. The summed E-state index contributed by atoms with van der Waals surface area (Å²) in [6.45, 7) is 0.396. The molecule has 33 heavy (non-hydrogen) atoms. The van der Waals surface area contributed by atoms with Gasteiger partial charge in [0.2, 0.25) is 21.8 Å². The number of aryl methyl sites for hydroxylation is 1. The average Bonchev–Trinajstić information content (AvgIpc) is 3.17. The predicted molar refractivity (Wildman–Crippen MR) is 128 cm³/mol. The first-order valence-electron chi connectivity index (χ1n) is 12.6. The van der Waals surface area contributed by atoms with Gasteiger partial charge in [-0.25, -0.2) is 13.1 Å². The number of fused-ring (bicyclic) bond motifs is 1. The molecular weight excluding hydrogens is 438 g/mol. The third kappa shape index (κ3) is 6.57. The molecular formula is C25H37N3O4S. The second kappa shape index (κ2) is 11.0. The first-order chi connectivity index (χ1) is 15.9. The average molecular weight is 476 g/mol. The molecule has 182 valence electrons. The van der Waals surface area contributed by atoms with Crippen LogP contribution in [0, 0.1) is 11.8 Å². The third-order valence-corrected chi connectivity index (χ3v) is 8.91. The monoisotopic (exact) mass is 475 g/mol. The molecule has 1 heterocycles. The first kappa shape index (κ1) is 24.2. The number of amides is 2. The maximum atomic E-state index is 12.9. The van der Waals surface area contributed by atoms with Gasteiger partial charge in [0, 0.05) is 30.6 Å². The maximum absolute atomic E-state index is 12.9. The standard InChI is InChI=1S/C25H37N3O4S/c29-24-9-5-6-20-16-22(14-15-23(20)28-24)33(31,32)26-17-18-10-12-19(13-11-18)25(30)27-21-7-3-1-2-4-8-21/h14-16,18-19,21,26H,1-13,17H2,(H,27,30)(H,28,29). The van der Waals surface area contributed by atoms with Gasteiger partial charge in [0.25, 0.3) is 0 Å². The fraction of sp³-hybridized carbons (Fsp3) is 0.680. The number of nitrogens with one attached hydrogen (secondary N) is 3. The molecule has 0 unspecified atom stereocenters. The molecule has 1 aromatic rings. The van der Waals surface area contributed by atoms with E-state index in [2.05, 4.69) is 15.4 Å². The van der Waals surface area contributed by atoms with Gasteiger partial charge in [-0.15, -0.1) is 0 Å². The number of sulfonamides is 1. The van der Waals surface area contributed by atoms with E-state index in [0.717, 1.165) is 44.1 Å².